The van der Waals surface area contributed by atoms with E-state index in [-0.39, 0.29) is 5.39 Å². The molecule has 0 radical (unpaired) electrons. The van der Waals surface area contributed by atoms with Crippen LogP contribution in [0.1, 0.15) is 31.9 Å². The van der Waals surface area contributed by atoms with Gasteiger partial charge in [0.15, 0.2) is 0 Å². The molecule has 37 heavy (non-hydrogen) atoms. The Morgan fingerprint density at radius 1 is 1.19 bits per heavy atom. The van der Waals surface area contributed by atoms with Gasteiger partial charge in [-0.2, -0.15) is 14.9 Å². The largest absolute Gasteiger partial charge is 0.496 e. The van der Waals surface area contributed by atoms with Gasteiger partial charge < -0.3 is 9.47 Å². The first-order valence-corrected chi connectivity index (χ1v) is 11.9. The van der Waals surface area contributed by atoms with Gasteiger partial charge >= 0.3 is 11.8 Å². The molecule has 0 aliphatic rings. The van der Waals surface area contributed by atoms with Gasteiger partial charge in [0.25, 0.3) is 5.56 Å². The van der Waals surface area contributed by atoms with Crippen LogP contribution in [-0.4, -0.2) is 50.1 Å². The van der Waals surface area contributed by atoms with E-state index < -0.39 is 28.8 Å². The quantitative estimate of drug-likeness (QED) is 0.390. The summed E-state index contributed by atoms with van der Waals surface area (Å²) in [6.45, 7) is 6.71. The number of aryl methyl sites for hydroxylation is 1. The third-order valence-corrected chi connectivity index (χ3v) is 6.53. The van der Waals surface area contributed by atoms with Gasteiger partial charge in [-0.3, -0.25) is 9.36 Å². The van der Waals surface area contributed by atoms with Crippen LogP contribution in [0.5, 0.6) is 5.75 Å². The number of amides is 1. The first kappa shape index (κ1) is 25.8. The molecule has 0 fully saturated rings. The molecule has 0 aliphatic heterocycles. The summed E-state index contributed by atoms with van der Waals surface area (Å²) in [4.78, 5) is 41.7. The van der Waals surface area contributed by atoms with Crippen LogP contribution in [0.4, 0.5) is 9.18 Å². The van der Waals surface area contributed by atoms with E-state index in [2.05, 4.69) is 10.2 Å². The van der Waals surface area contributed by atoms with Crippen molar-refractivity contribution in [3.63, 3.8) is 0 Å². The fraction of sp³-hybridized carbons (Fsp3) is 0.292. The molecule has 13 heteroatoms. The Labute approximate surface area is 214 Å². The molecular formula is C24H25FN6O5S. The maximum absolute atomic E-state index is 13.9. The van der Waals surface area contributed by atoms with Crippen LogP contribution < -0.4 is 21.0 Å². The third kappa shape index (κ3) is 4.89. The number of aromatic nitrogens is 5. The molecule has 194 valence electrons. The fourth-order valence-corrected chi connectivity index (χ4v) is 4.79. The number of hydrogen-bond acceptors (Lipinski definition) is 8. The lowest BCUT2D eigenvalue weighted by molar-refractivity contribution is 0.0546. The highest BCUT2D eigenvalue weighted by atomic mass is 32.1. The van der Waals surface area contributed by atoms with Crippen molar-refractivity contribution in [2.24, 2.45) is 0 Å². The number of ether oxygens (including phenoxy) is 2. The monoisotopic (exact) mass is 528 g/mol. The van der Waals surface area contributed by atoms with Gasteiger partial charge in [0.05, 0.1) is 24.9 Å². The van der Waals surface area contributed by atoms with Crippen LogP contribution in [0.2, 0.25) is 0 Å². The van der Waals surface area contributed by atoms with Crippen LogP contribution in [0.25, 0.3) is 27.5 Å². The predicted molar refractivity (Wildman–Crippen MR) is 139 cm³/mol. The summed E-state index contributed by atoms with van der Waals surface area (Å²) in [5.74, 6) is -0.114. The number of benzene rings is 1. The number of halogens is 1. The maximum Gasteiger partial charge on any atom is 0.429 e. The minimum Gasteiger partial charge on any atom is -0.496 e. The first-order valence-electron chi connectivity index (χ1n) is 11.1. The molecule has 1 amide bonds. The maximum atomic E-state index is 13.9. The average molecular weight is 529 g/mol. The summed E-state index contributed by atoms with van der Waals surface area (Å²) in [7, 11) is 2.71. The summed E-state index contributed by atoms with van der Waals surface area (Å²) in [5, 5.41) is 9.79. The van der Waals surface area contributed by atoms with Crippen molar-refractivity contribution in [3.8, 4) is 10.8 Å². The van der Waals surface area contributed by atoms with Gasteiger partial charge in [0.2, 0.25) is 0 Å². The molecule has 3 aromatic heterocycles. The van der Waals surface area contributed by atoms with Crippen LogP contribution in [0, 0.1) is 12.7 Å². The molecule has 0 atom stereocenters. The smallest absolute Gasteiger partial charge is 0.429 e. The molecule has 0 saturated carbocycles. The molecule has 0 saturated heterocycles. The summed E-state index contributed by atoms with van der Waals surface area (Å²) in [6.07, 6.45) is 4.95. The van der Waals surface area contributed by atoms with Crippen LogP contribution >= 0.6 is 11.3 Å². The van der Waals surface area contributed by atoms with E-state index in [1.165, 1.54) is 66.4 Å². The van der Waals surface area contributed by atoms with Crippen molar-refractivity contribution >= 4 is 39.9 Å². The normalized spacial score (nSPS) is 11.9. The molecule has 1 aromatic carbocycles. The van der Waals surface area contributed by atoms with Gasteiger partial charge in [-0.25, -0.2) is 19.0 Å². The Morgan fingerprint density at radius 3 is 2.49 bits per heavy atom. The minimum absolute atomic E-state index is 0.183. The second kappa shape index (κ2) is 9.65. The lowest BCUT2D eigenvalue weighted by Gasteiger charge is -2.25. The Balaban J connectivity index is 2.00. The number of thiophene rings is 1. The van der Waals surface area contributed by atoms with E-state index in [0.29, 0.717) is 31.4 Å². The molecule has 4 rings (SSSR count). The molecule has 0 aliphatic carbocycles. The van der Waals surface area contributed by atoms with Crippen LogP contribution in [0.3, 0.4) is 0 Å². The van der Waals surface area contributed by atoms with E-state index in [1.54, 1.807) is 27.7 Å². The summed E-state index contributed by atoms with van der Waals surface area (Å²) in [5.41, 5.74) is -1.53. The molecule has 11 nitrogen and oxygen atoms in total. The van der Waals surface area contributed by atoms with Gasteiger partial charge in [0.1, 0.15) is 27.0 Å². The standard InChI is InChI=1S/C24H25FN6O5S/c1-14-18-19(32)30(28(5)23(34)36-24(2,3)4)22(33)29(21(18)37-20(14)31-26-10-11-27-31)12-9-15-13-16(25)7-8-17(15)35-6/h7-13H,1-6H3. The second-order valence-corrected chi connectivity index (χ2v) is 9.98. The van der Waals surface area contributed by atoms with E-state index in [1.807, 2.05) is 0 Å². The third-order valence-electron chi connectivity index (χ3n) is 5.27. The number of rotatable bonds is 5. The van der Waals surface area contributed by atoms with Gasteiger partial charge in [0, 0.05) is 24.4 Å². The molecule has 0 spiro atoms. The number of hydrogen-bond donors (Lipinski definition) is 0. The van der Waals surface area contributed by atoms with Gasteiger partial charge in [-0.15, -0.1) is 4.80 Å². The second-order valence-electron chi connectivity index (χ2n) is 9.01. The Morgan fingerprint density at radius 2 is 1.86 bits per heavy atom. The van der Waals surface area contributed by atoms with Crippen molar-refractivity contribution in [1.29, 1.82) is 0 Å². The molecule has 0 bridgehead atoms. The zero-order chi connectivity index (χ0) is 27.1. The number of fused-ring (bicyclic) bond motifs is 1. The lowest BCUT2D eigenvalue weighted by atomic mass is 10.2. The van der Waals surface area contributed by atoms with E-state index in [4.69, 9.17) is 9.47 Å². The highest BCUT2D eigenvalue weighted by molar-refractivity contribution is 7.21. The SMILES string of the molecule is COc1ccc(F)cc1C=Cn1c(=O)n(N(C)C(=O)OC(C)(C)C)c(=O)c2c(C)c(-n3nccn3)sc21. The lowest BCUT2D eigenvalue weighted by Crippen LogP contribution is -2.53. The average Bonchev–Trinajstić information content (AvgIpc) is 3.46. The fourth-order valence-electron chi connectivity index (χ4n) is 3.60. The number of nitrogens with zero attached hydrogens (tertiary/aromatic N) is 6. The van der Waals surface area contributed by atoms with E-state index in [9.17, 15) is 18.8 Å². The van der Waals surface area contributed by atoms with Crippen LogP contribution in [0.15, 0.2) is 40.2 Å². The molecule has 0 N–H and O–H groups in total. The van der Waals surface area contributed by atoms with Gasteiger partial charge in [-0.1, -0.05) is 11.3 Å². The van der Waals surface area contributed by atoms with Crippen molar-refractivity contribution < 1.29 is 18.7 Å². The minimum atomic E-state index is -0.893. The zero-order valence-electron chi connectivity index (χ0n) is 21.1. The number of methoxy groups -OCH3 is 1. The summed E-state index contributed by atoms with van der Waals surface area (Å²) < 4.78 is 26.5. The summed E-state index contributed by atoms with van der Waals surface area (Å²) >= 11 is 1.12. The van der Waals surface area contributed by atoms with Crippen LogP contribution in [-0.2, 0) is 4.74 Å². The first-order chi connectivity index (χ1) is 17.4. The van der Waals surface area contributed by atoms with Crippen molar-refractivity contribution in [3.05, 3.63) is 68.4 Å². The Hall–Kier alpha value is -4.26. The van der Waals surface area contributed by atoms with E-state index >= 15 is 0 Å². The van der Waals surface area contributed by atoms with Gasteiger partial charge in [-0.05, 0) is 52.0 Å². The molecule has 0 unspecified atom stereocenters. The Bertz CT molecular complexity index is 1630. The van der Waals surface area contributed by atoms with Crippen molar-refractivity contribution in [2.45, 2.75) is 33.3 Å². The highest BCUT2D eigenvalue weighted by Gasteiger charge is 2.27. The van der Waals surface area contributed by atoms with Crippen molar-refractivity contribution in [2.75, 3.05) is 19.2 Å². The van der Waals surface area contributed by atoms with E-state index in [0.717, 1.165) is 16.3 Å². The number of carbonyl (C=O) groups is 1. The summed E-state index contributed by atoms with van der Waals surface area (Å²) in [6, 6.07) is 3.96. The Kier molecular flexibility index (Phi) is 6.74. The zero-order valence-corrected chi connectivity index (χ0v) is 21.9. The molecular weight excluding hydrogens is 503 g/mol. The molecule has 4 aromatic rings. The highest BCUT2D eigenvalue weighted by Crippen LogP contribution is 2.30. The predicted octanol–water partition coefficient (Wildman–Crippen LogP) is 3.39. The molecule has 3 heterocycles. The van der Waals surface area contributed by atoms with Crippen molar-refractivity contribution in [1.82, 2.24) is 24.2 Å². The topological polar surface area (TPSA) is 113 Å². The number of carbonyl (C=O) groups excluding carboxylic acids is 1.